The lowest BCUT2D eigenvalue weighted by molar-refractivity contribution is 0.810. The van der Waals surface area contributed by atoms with Gasteiger partial charge in [-0.2, -0.15) is 0 Å². The number of H-pyrrole nitrogens is 1. The van der Waals surface area contributed by atoms with Crippen LogP contribution in [0.2, 0.25) is 0 Å². The maximum absolute atomic E-state index is 5.08. The first-order valence-corrected chi connectivity index (χ1v) is 5.47. The van der Waals surface area contributed by atoms with Crippen LogP contribution in [-0.2, 0) is 7.05 Å². The fourth-order valence-corrected chi connectivity index (χ4v) is 2.22. The number of nitrogens with zero attached hydrogens (tertiary/aromatic N) is 1. The highest BCUT2D eigenvalue weighted by Gasteiger charge is 2.01. The molecule has 14 heavy (non-hydrogen) atoms. The molecule has 1 heterocycles. The van der Waals surface area contributed by atoms with Crippen molar-refractivity contribution in [3.63, 3.8) is 0 Å². The van der Waals surface area contributed by atoms with E-state index in [2.05, 4.69) is 17.1 Å². The summed E-state index contributed by atoms with van der Waals surface area (Å²) in [5.41, 5.74) is 0. The average Bonchev–Trinajstić information content (AvgIpc) is 2.52. The topological polar surface area (TPSA) is 20.7 Å². The Kier molecular flexibility index (Phi) is 2.74. The van der Waals surface area contributed by atoms with Gasteiger partial charge < -0.3 is 9.55 Å². The van der Waals surface area contributed by atoms with Gasteiger partial charge in [0.15, 0.2) is 4.77 Å². The standard InChI is InChI=1S/C10H10N2S2/c1-12-9(7-11-10(12)13)14-8-5-3-2-4-6-8/h2-7H,1H3,(H,11,13). The van der Waals surface area contributed by atoms with Crippen LogP contribution in [0.15, 0.2) is 46.5 Å². The predicted octanol–water partition coefficient (Wildman–Crippen LogP) is 3.23. The van der Waals surface area contributed by atoms with Crippen LogP contribution in [0.3, 0.4) is 0 Å². The van der Waals surface area contributed by atoms with Gasteiger partial charge in [0.25, 0.3) is 0 Å². The molecule has 0 aliphatic heterocycles. The summed E-state index contributed by atoms with van der Waals surface area (Å²) in [5.74, 6) is 0. The first kappa shape index (κ1) is 9.55. The molecule has 1 aromatic carbocycles. The van der Waals surface area contributed by atoms with Crippen molar-refractivity contribution in [1.82, 2.24) is 9.55 Å². The molecule has 2 rings (SSSR count). The summed E-state index contributed by atoms with van der Waals surface area (Å²) in [5, 5.41) is 1.13. The van der Waals surface area contributed by atoms with Gasteiger partial charge in [-0.3, -0.25) is 0 Å². The summed E-state index contributed by atoms with van der Waals surface area (Å²) in [7, 11) is 1.96. The molecule has 2 nitrogen and oxygen atoms in total. The quantitative estimate of drug-likeness (QED) is 0.787. The van der Waals surface area contributed by atoms with Crippen LogP contribution in [0.5, 0.6) is 0 Å². The van der Waals surface area contributed by atoms with E-state index in [0.29, 0.717) is 0 Å². The molecule has 2 aromatic rings. The van der Waals surface area contributed by atoms with Crippen molar-refractivity contribution in [2.75, 3.05) is 0 Å². The molecule has 0 bridgehead atoms. The minimum absolute atomic E-state index is 0.753. The molecule has 0 radical (unpaired) electrons. The second kappa shape index (κ2) is 4.02. The molecule has 1 aromatic heterocycles. The van der Waals surface area contributed by atoms with Crippen molar-refractivity contribution in [3.8, 4) is 0 Å². The van der Waals surface area contributed by atoms with Crippen LogP contribution < -0.4 is 0 Å². The Hall–Kier alpha value is -1.00. The Morgan fingerprint density at radius 3 is 2.57 bits per heavy atom. The number of nitrogens with one attached hydrogen (secondary N) is 1. The summed E-state index contributed by atoms with van der Waals surface area (Å²) in [4.78, 5) is 4.23. The average molecular weight is 222 g/mol. The molecule has 0 saturated carbocycles. The number of aromatic amines is 1. The van der Waals surface area contributed by atoms with Gasteiger partial charge in [0, 0.05) is 18.1 Å². The Labute approximate surface area is 92.0 Å². The zero-order chi connectivity index (χ0) is 9.97. The van der Waals surface area contributed by atoms with Gasteiger partial charge in [-0.25, -0.2) is 0 Å². The SMILES string of the molecule is Cn1c(Sc2ccccc2)c[nH]c1=S. The van der Waals surface area contributed by atoms with Crippen LogP contribution in [0.1, 0.15) is 0 Å². The van der Waals surface area contributed by atoms with Crippen molar-refractivity contribution in [2.24, 2.45) is 7.05 Å². The van der Waals surface area contributed by atoms with Gasteiger partial charge in [0.2, 0.25) is 0 Å². The maximum atomic E-state index is 5.08. The van der Waals surface area contributed by atoms with Gasteiger partial charge in [-0.05, 0) is 24.4 Å². The maximum Gasteiger partial charge on any atom is 0.177 e. The summed E-state index contributed by atoms with van der Waals surface area (Å²) >= 11 is 6.78. The molecule has 0 spiro atoms. The van der Waals surface area contributed by atoms with E-state index < -0.39 is 0 Å². The van der Waals surface area contributed by atoms with Gasteiger partial charge in [-0.1, -0.05) is 30.0 Å². The fourth-order valence-electron chi connectivity index (χ4n) is 1.12. The molecule has 0 aliphatic rings. The minimum atomic E-state index is 0.753. The molecule has 0 saturated heterocycles. The van der Waals surface area contributed by atoms with E-state index in [9.17, 15) is 0 Å². The van der Waals surface area contributed by atoms with E-state index in [1.54, 1.807) is 11.8 Å². The number of benzene rings is 1. The number of aromatic nitrogens is 2. The molecule has 0 atom stereocenters. The molecule has 1 N–H and O–H groups in total. The van der Waals surface area contributed by atoms with Crippen LogP contribution in [0.25, 0.3) is 0 Å². The summed E-state index contributed by atoms with van der Waals surface area (Å²) in [6.07, 6.45) is 1.93. The van der Waals surface area contributed by atoms with Crippen LogP contribution >= 0.6 is 24.0 Å². The summed E-state index contributed by atoms with van der Waals surface area (Å²) < 4.78 is 2.72. The van der Waals surface area contributed by atoms with Crippen molar-refractivity contribution in [2.45, 2.75) is 9.92 Å². The molecular weight excluding hydrogens is 212 g/mol. The van der Waals surface area contributed by atoms with Gasteiger partial charge in [-0.15, -0.1) is 0 Å². The number of hydrogen-bond acceptors (Lipinski definition) is 2. The molecule has 0 aliphatic carbocycles. The predicted molar refractivity (Wildman–Crippen MR) is 61.2 cm³/mol. The van der Waals surface area contributed by atoms with Crippen LogP contribution in [0.4, 0.5) is 0 Å². The van der Waals surface area contributed by atoms with Gasteiger partial charge in [0.05, 0.1) is 5.03 Å². The lowest BCUT2D eigenvalue weighted by Crippen LogP contribution is -1.88. The van der Waals surface area contributed by atoms with E-state index in [1.807, 2.05) is 36.0 Å². The van der Waals surface area contributed by atoms with Crippen molar-refractivity contribution in [1.29, 1.82) is 0 Å². The third-order valence-electron chi connectivity index (χ3n) is 1.92. The van der Waals surface area contributed by atoms with Crippen LogP contribution in [0, 0.1) is 4.77 Å². The Balaban J connectivity index is 2.28. The summed E-state index contributed by atoms with van der Waals surface area (Å²) in [6.45, 7) is 0. The molecule has 0 unspecified atom stereocenters. The molecule has 0 amide bonds. The second-order valence-electron chi connectivity index (χ2n) is 2.91. The fraction of sp³-hybridized carbons (Fsp3) is 0.100. The molecule has 0 fully saturated rings. The highest BCUT2D eigenvalue weighted by molar-refractivity contribution is 7.99. The molecule has 4 heteroatoms. The Bertz CT molecular complexity index is 470. The van der Waals surface area contributed by atoms with E-state index in [0.717, 1.165) is 9.80 Å². The molecular formula is C10H10N2S2. The van der Waals surface area contributed by atoms with E-state index >= 15 is 0 Å². The van der Waals surface area contributed by atoms with E-state index in [-0.39, 0.29) is 0 Å². The highest BCUT2D eigenvalue weighted by atomic mass is 32.2. The minimum Gasteiger partial charge on any atom is -0.336 e. The number of hydrogen-bond donors (Lipinski definition) is 1. The van der Waals surface area contributed by atoms with Gasteiger partial charge >= 0.3 is 0 Å². The third-order valence-corrected chi connectivity index (χ3v) is 3.42. The monoisotopic (exact) mass is 222 g/mol. The lowest BCUT2D eigenvalue weighted by atomic mass is 10.4. The lowest BCUT2D eigenvalue weighted by Gasteiger charge is -2.00. The smallest absolute Gasteiger partial charge is 0.177 e. The van der Waals surface area contributed by atoms with Crippen molar-refractivity contribution >= 4 is 24.0 Å². The van der Waals surface area contributed by atoms with E-state index in [4.69, 9.17) is 12.2 Å². The Morgan fingerprint density at radius 2 is 2.00 bits per heavy atom. The van der Waals surface area contributed by atoms with Crippen molar-refractivity contribution < 1.29 is 0 Å². The zero-order valence-corrected chi connectivity index (χ0v) is 9.36. The summed E-state index contributed by atoms with van der Waals surface area (Å²) in [6, 6.07) is 10.2. The first-order chi connectivity index (χ1) is 6.77. The largest absolute Gasteiger partial charge is 0.336 e. The Morgan fingerprint density at radius 1 is 1.29 bits per heavy atom. The number of imidazole rings is 1. The highest BCUT2D eigenvalue weighted by Crippen LogP contribution is 2.26. The normalized spacial score (nSPS) is 10.4. The van der Waals surface area contributed by atoms with Crippen LogP contribution in [-0.4, -0.2) is 9.55 Å². The first-order valence-electron chi connectivity index (χ1n) is 4.24. The second-order valence-corrected chi connectivity index (χ2v) is 4.39. The number of rotatable bonds is 2. The van der Waals surface area contributed by atoms with Crippen molar-refractivity contribution in [3.05, 3.63) is 41.3 Å². The van der Waals surface area contributed by atoms with E-state index in [1.165, 1.54) is 4.90 Å². The third kappa shape index (κ3) is 1.91. The molecule has 72 valence electrons. The zero-order valence-electron chi connectivity index (χ0n) is 7.73. The van der Waals surface area contributed by atoms with Gasteiger partial charge in [0.1, 0.15) is 0 Å².